The zero-order chi connectivity index (χ0) is 16.6. The van der Waals surface area contributed by atoms with Gasteiger partial charge in [0.15, 0.2) is 11.2 Å². The quantitative estimate of drug-likeness (QED) is 0.561. The number of nitrogens with zero attached hydrogens (tertiary/aromatic N) is 5. The van der Waals surface area contributed by atoms with Gasteiger partial charge in [0.05, 0.1) is 6.21 Å². The molecule has 0 amide bonds. The van der Waals surface area contributed by atoms with Gasteiger partial charge in [0.25, 0.3) is 5.56 Å². The summed E-state index contributed by atoms with van der Waals surface area (Å²) in [6, 6.07) is 9.58. The highest BCUT2D eigenvalue weighted by Gasteiger charge is 2.16. The number of hydrogen-bond acceptors (Lipinski definition) is 5. The largest absolute Gasteiger partial charge is 0.332 e. The molecule has 8 heteroatoms. The van der Waals surface area contributed by atoms with E-state index in [0.29, 0.717) is 17.1 Å². The molecule has 8 nitrogen and oxygen atoms in total. The second-order valence-corrected chi connectivity index (χ2v) is 5.15. The van der Waals surface area contributed by atoms with Gasteiger partial charge in [0.2, 0.25) is 5.95 Å². The van der Waals surface area contributed by atoms with Crippen molar-refractivity contribution in [3.63, 3.8) is 0 Å². The summed E-state index contributed by atoms with van der Waals surface area (Å²) in [5.74, 6) is 0.380. The second-order valence-electron chi connectivity index (χ2n) is 5.15. The smallest absolute Gasteiger partial charge is 0.306 e. The van der Waals surface area contributed by atoms with Crippen molar-refractivity contribution in [1.82, 2.24) is 18.7 Å². The van der Waals surface area contributed by atoms with E-state index in [0.717, 1.165) is 10.1 Å². The van der Waals surface area contributed by atoms with Crippen molar-refractivity contribution in [2.75, 3.05) is 5.43 Å². The van der Waals surface area contributed by atoms with Crippen molar-refractivity contribution in [2.24, 2.45) is 26.2 Å². The lowest BCUT2D eigenvalue weighted by molar-refractivity contribution is 0.705. The van der Waals surface area contributed by atoms with Crippen molar-refractivity contribution < 1.29 is 0 Å². The highest BCUT2D eigenvalue weighted by molar-refractivity contribution is 5.80. The van der Waals surface area contributed by atoms with Crippen molar-refractivity contribution in [1.29, 1.82) is 0 Å². The minimum absolute atomic E-state index is 0.318. The van der Waals surface area contributed by atoms with Crippen LogP contribution in [0.4, 0.5) is 5.95 Å². The zero-order valence-corrected chi connectivity index (χ0v) is 13.0. The van der Waals surface area contributed by atoms with E-state index < -0.39 is 11.2 Å². The molecule has 0 bridgehead atoms. The van der Waals surface area contributed by atoms with E-state index in [1.54, 1.807) is 24.9 Å². The van der Waals surface area contributed by atoms with Gasteiger partial charge < -0.3 is 4.57 Å². The van der Waals surface area contributed by atoms with E-state index >= 15 is 0 Å². The summed E-state index contributed by atoms with van der Waals surface area (Å²) < 4.78 is 3.98. The molecule has 3 aromatic rings. The first-order chi connectivity index (χ1) is 11.0. The Morgan fingerprint density at radius 3 is 2.43 bits per heavy atom. The SMILES string of the molecule is Cn1c(=O)c2c(nc(N/N=C/c3ccccc3)n2C)n(C)c1=O. The minimum atomic E-state index is -0.417. The van der Waals surface area contributed by atoms with Crippen molar-refractivity contribution in [2.45, 2.75) is 0 Å². The van der Waals surface area contributed by atoms with Gasteiger partial charge in [-0.05, 0) is 5.56 Å². The molecule has 0 fully saturated rings. The van der Waals surface area contributed by atoms with Crippen LogP contribution < -0.4 is 16.7 Å². The average Bonchev–Trinajstić information content (AvgIpc) is 2.89. The Kier molecular flexibility index (Phi) is 3.57. The van der Waals surface area contributed by atoms with E-state index in [1.165, 1.54) is 11.6 Å². The van der Waals surface area contributed by atoms with Crippen LogP contribution >= 0.6 is 0 Å². The van der Waals surface area contributed by atoms with E-state index in [4.69, 9.17) is 0 Å². The van der Waals surface area contributed by atoms with Gasteiger partial charge in [-0.1, -0.05) is 30.3 Å². The average molecular weight is 312 g/mol. The number of aryl methyl sites for hydroxylation is 2. The van der Waals surface area contributed by atoms with Gasteiger partial charge in [0, 0.05) is 21.1 Å². The highest BCUT2D eigenvalue weighted by Crippen LogP contribution is 2.12. The summed E-state index contributed by atoms with van der Waals surface area (Å²) in [5, 5.41) is 4.12. The first-order valence-corrected chi connectivity index (χ1v) is 6.97. The Labute approximate surface area is 131 Å². The first-order valence-electron chi connectivity index (χ1n) is 6.97. The Bertz CT molecular complexity index is 1010. The summed E-state index contributed by atoms with van der Waals surface area (Å²) in [6.07, 6.45) is 1.65. The van der Waals surface area contributed by atoms with Crippen molar-refractivity contribution in [3.05, 3.63) is 56.7 Å². The molecule has 0 aliphatic heterocycles. The molecular formula is C15H16N6O2. The Balaban J connectivity index is 2.03. The maximum atomic E-state index is 12.3. The van der Waals surface area contributed by atoms with E-state index in [-0.39, 0.29) is 0 Å². The standard InChI is InChI=1S/C15H16N6O2/c1-19-11-12(20(2)15(23)21(3)13(11)22)17-14(19)18-16-9-10-7-5-4-6-8-10/h4-9H,1-3H3,(H,17,18)/b16-9+. The lowest BCUT2D eigenvalue weighted by Crippen LogP contribution is -2.37. The molecule has 2 aromatic heterocycles. The van der Waals surface area contributed by atoms with Gasteiger partial charge in [-0.15, -0.1) is 0 Å². The summed E-state index contributed by atoms with van der Waals surface area (Å²) in [7, 11) is 4.72. The minimum Gasteiger partial charge on any atom is -0.306 e. The Morgan fingerprint density at radius 1 is 1.04 bits per heavy atom. The topological polar surface area (TPSA) is 86.2 Å². The lowest BCUT2D eigenvalue weighted by atomic mass is 10.2. The van der Waals surface area contributed by atoms with E-state index in [9.17, 15) is 9.59 Å². The number of anilines is 1. The molecule has 0 aliphatic carbocycles. The number of imidazole rings is 1. The predicted molar refractivity (Wildman–Crippen MR) is 88.9 cm³/mol. The highest BCUT2D eigenvalue weighted by atomic mass is 16.2. The van der Waals surface area contributed by atoms with E-state index in [1.807, 2.05) is 30.3 Å². The van der Waals surface area contributed by atoms with Crippen LogP contribution in [0.3, 0.4) is 0 Å². The van der Waals surface area contributed by atoms with Gasteiger partial charge in [0.1, 0.15) is 0 Å². The molecule has 2 heterocycles. The molecule has 1 N–H and O–H groups in total. The summed E-state index contributed by atoms with van der Waals surface area (Å²) in [6.45, 7) is 0. The van der Waals surface area contributed by atoms with Gasteiger partial charge in [-0.3, -0.25) is 13.9 Å². The molecule has 23 heavy (non-hydrogen) atoms. The lowest BCUT2D eigenvalue weighted by Gasteiger charge is -2.03. The normalized spacial score (nSPS) is 11.4. The third-order valence-electron chi connectivity index (χ3n) is 3.65. The number of hydrazone groups is 1. The van der Waals surface area contributed by atoms with Crippen LogP contribution in [0.5, 0.6) is 0 Å². The summed E-state index contributed by atoms with van der Waals surface area (Å²) >= 11 is 0. The fourth-order valence-corrected chi connectivity index (χ4v) is 2.32. The fraction of sp³-hybridized carbons (Fsp3) is 0.200. The van der Waals surface area contributed by atoms with Crippen LogP contribution in [0.1, 0.15) is 5.56 Å². The number of fused-ring (bicyclic) bond motifs is 1. The summed E-state index contributed by atoms with van der Waals surface area (Å²) in [5.41, 5.74) is 3.58. The predicted octanol–water partition coefficient (Wildman–Crippen LogP) is 0.417. The molecule has 0 saturated carbocycles. The third kappa shape index (κ3) is 2.44. The number of rotatable bonds is 3. The van der Waals surface area contributed by atoms with Crippen molar-refractivity contribution >= 4 is 23.3 Å². The van der Waals surface area contributed by atoms with Gasteiger partial charge in [-0.25, -0.2) is 10.2 Å². The van der Waals surface area contributed by atoms with Crippen LogP contribution in [0, 0.1) is 0 Å². The van der Waals surface area contributed by atoms with Crippen LogP contribution in [0.25, 0.3) is 11.2 Å². The molecule has 1 aromatic carbocycles. The maximum Gasteiger partial charge on any atom is 0.332 e. The number of hydrogen-bond donors (Lipinski definition) is 1. The number of aromatic nitrogens is 4. The Morgan fingerprint density at radius 2 is 1.74 bits per heavy atom. The summed E-state index contributed by atoms with van der Waals surface area (Å²) in [4.78, 5) is 28.5. The molecule has 0 saturated heterocycles. The molecule has 0 radical (unpaired) electrons. The van der Waals surface area contributed by atoms with Crippen LogP contribution in [0.2, 0.25) is 0 Å². The monoisotopic (exact) mass is 312 g/mol. The zero-order valence-electron chi connectivity index (χ0n) is 13.0. The number of nitrogens with one attached hydrogen (secondary N) is 1. The van der Waals surface area contributed by atoms with Gasteiger partial charge in [-0.2, -0.15) is 10.1 Å². The van der Waals surface area contributed by atoms with Crippen LogP contribution in [-0.2, 0) is 21.1 Å². The maximum absolute atomic E-state index is 12.3. The molecule has 118 valence electrons. The first kappa shape index (κ1) is 14.8. The molecule has 0 atom stereocenters. The van der Waals surface area contributed by atoms with Crippen molar-refractivity contribution in [3.8, 4) is 0 Å². The molecule has 3 rings (SSSR count). The molecule has 0 unspecified atom stereocenters. The molecular weight excluding hydrogens is 296 g/mol. The molecule has 0 spiro atoms. The second kappa shape index (κ2) is 5.56. The number of benzene rings is 1. The van der Waals surface area contributed by atoms with Crippen LogP contribution in [-0.4, -0.2) is 24.9 Å². The van der Waals surface area contributed by atoms with Crippen LogP contribution in [0.15, 0.2) is 45.0 Å². The third-order valence-corrected chi connectivity index (χ3v) is 3.65. The van der Waals surface area contributed by atoms with Gasteiger partial charge >= 0.3 is 5.69 Å². The fourth-order valence-electron chi connectivity index (χ4n) is 2.32. The van der Waals surface area contributed by atoms with E-state index in [2.05, 4.69) is 15.5 Å². The Hall–Kier alpha value is -3.16. The molecule has 0 aliphatic rings.